The van der Waals surface area contributed by atoms with Gasteiger partial charge in [0.05, 0.1) is 14.7 Å². The maximum atomic E-state index is 14.1. The number of nitrogens with zero attached hydrogens (tertiary/aromatic N) is 2. The molecule has 0 aliphatic carbocycles. The van der Waals surface area contributed by atoms with Gasteiger partial charge in [-0.2, -0.15) is 8.61 Å². The smallest absolute Gasteiger partial charge is 0.207 e. The van der Waals surface area contributed by atoms with Crippen molar-refractivity contribution in [2.24, 2.45) is 0 Å². The highest BCUT2D eigenvalue weighted by molar-refractivity contribution is 7.90. The zero-order valence-electron chi connectivity index (χ0n) is 30.6. The second kappa shape index (κ2) is 16.4. The molecule has 49 heavy (non-hydrogen) atoms. The average Bonchev–Trinajstić information content (AvgIpc) is 2.93. The van der Waals surface area contributed by atoms with E-state index in [2.05, 4.69) is 4.72 Å². The quantitative estimate of drug-likeness (QED) is 0.133. The van der Waals surface area contributed by atoms with Gasteiger partial charge >= 0.3 is 0 Å². The number of hydrogen-bond acceptors (Lipinski definition) is 6. The molecule has 0 radical (unpaired) electrons. The molecule has 0 aliphatic rings. The zero-order chi connectivity index (χ0) is 36.9. The van der Waals surface area contributed by atoms with Crippen LogP contribution in [0.5, 0.6) is 0 Å². The first-order valence-electron chi connectivity index (χ1n) is 16.6. The molecule has 270 valence electrons. The molecule has 0 amide bonds. The number of sulfonamides is 3. The maximum Gasteiger partial charge on any atom is 0.243 e. The van der Waals surface area contributed by atoms with Crippen LogP contribution >= 0.6 is 0 Å². The summed E-state index contributed by atoms with van der Waals surface area (Å²) in [7, 11) is -11.5. The van der Waals surface area contributed by atoms with Gasteiger partial charge in [-0.3, -0.25) is 0 Å². The normalized spacial score (nSPS) is 12.9. The Morgan fingerprint density at radius 3 is 1.27 bits per heavy atom. The second-order valence-corrected chi connectivity index (χ2v) is 18.5. The summed E-state index contributed by atoms with van der Waals surface area (Å²) in [5.74, 6) is 0. The van der Waals surface area contributed by atoms with Crippen molar-refractivity contribution < 1.29 is 25.3 Å². The van der Waals surface area contributed by atoms with E-state index in [0.717, 1.165) is 16.7 Å². The minimum atomic E-state index is -3.93. The van der Waals surface area contributed by atoms with E-state index in [0.29, 0.717) is 57.7 Å². The van der Waals surface area contributed by atoms with Gasteiger partial charge in [0.15, 0.2) is 0 Å². The standard InChI is InChI=1S/C37H53N3O6S3/c1-11-39(48(43,44)36-31(7)22-27(3)23-32(36)8)17-14-15-19-40(49(45,46)37-33(9)24-28(4)25-34(37)10)18-13-12-16-38-47(41,42)35-29(5)20-26(2)21-30(35)6/h12-13,20-25,38H,11,14-19H2,1-10H3/b13-12-. The number of nitrogens with one attached hydrogen (secondary N) is 1. The molecule has 0 unspecified atom stereocenters. The molecule has 9 nitrogen and oxygen atoms in total. The van der Waals surface area contributed by atoms with Crippen LogP contribution in [-0.4, -0.2) is 66.6 Å². The molecule has 0 fully saturated rings. The molecule has 0 spiro atoms. The van der Waals surface area contributed by atoms with Crippen molar-refractivity contribution >= 4 is 30.1 Å². The van der Waals surface area contributed by atoms with Crippen LogP contribution in [0.2, 0.25) is 0 Å². The van der Waals surface area contributed by atoms with Gasteiger partial charge in [-0.05, 0) is 109 Å². The third-order valence-electron chi connectivity index (χ3n) is 8.56. The van der Waals surface area contributed by atoms with Crippen LogP contribution in [0.25, 0.3) is 0 Å². The lowest BCUT2D eigenvalue weighted by molar-refractivity contribution is 0.387. The van der Waals surface area contributed by atoms with E-state index in [-0.39, 0.29) is 36.0 Å². The Kier molecular flexibility index (Phi) is 13.6. The Hall–Kier alpha value is -2.87. The number of hydrogen-bond donors (Lipinski definition) is 1. The number of aryl methyl sites for hydroxylation is 9. The lowest BCUT2D eigenvalue weighted by Gasteiger charge is -2.25. The SMILES string of the molecule is CCN(CCCCN(C/C=C\CNS(=O)(=O)c1c(C)cc(C)cc1C)S(=O)(=O)c1c(C)cc(C)cc1C)S(=O)(=O)c1c(C)cc(C)cc1C. The van der Waals surface area contributed by atoms with Crippen LogP contribution in [0.1, 0.15) is 69.8 Å². The second-order valence-electron chi connectivity index (χ2n) is 13.1. The van der Waals surface area contributed by atoms with Crippen molar-refractivity contribution in [2.75, 3.05) is 32.7 Å². The summed E-state index contributed by atoms with van der Waals surface area (Å²) in [6.45, 7) is 19.0. The minimum Gasteiger partial charge on any atom is -0.207 e. The molecule has 0 saturated heterocycles. The summed E-state index contributed by atoms with van der Waals surface area (Å²) in [6, 6.07) is 11.1. The van der Waals surface area contributed by atoms with Crippen LogP contribution in [0.3, 0.4) is 0 Å². The fourth-order valence-electron chi connectivity index (χ4n) is 6.84. The summed E-state index contributed by atoms with van der Waals surface area (Å²) in [5.41, 5.74) is 6.97. The maximum absolute atomic E-state index is 14.1. The predicted octanol–water partition coefficient (Wildman–Crippen LogP) is 6.48. The van der Waals surface area contributed by atoms with Crippen LogP contribution in [0, 0.1) is 62.3 Å². The number of unbranched alkanes of at least 4 members (excludes halogenated alkanes) is 1. The van der Waals surface area contributed by atoms with E-state index >= 15 is 0 Å². The van der Waals surface area contributed by atoms with Crippen molar-refractivity contribution in [3.8, 4) is 0 Å². The van der Waals surface area contributed by atoms with Crippen LogP contribution in [-0.2, 0) is 30.1 Å². The fraction of sp³-hybridized carbons (Fsp3) is 0.459. The molecule has 1 N–H and O–H groups in total. The Morgan fingerprint density at radius 2 is 0.878 bits per heavy atom. The summed E-state index contributed by atoms with van der Waals surface area (Å²) >= 11 is 0. The van der Waals surface area contributed by atoms with Gasteiger partial charge < -0.3 is 0 Å². The Balaban J connectivity index is 1.79. The molecule has 3 aromatic carbocycles. The monoisotopic (exact) mass is 731 g/mol. The van der Waals surface area contributed by atoms with E-state index in [9.17, 15) is 25.3 Å². The molecule has 0 aromatic heterocycles. The Bertz CT molecular complexity index is 1970. The van der Waals surface area contributed by atoms with Gasteiger partial charge in [0.2, 0.25) is 30.1 Å². The minimum absolute atomic E-state index is 0.00721. The number of benzene rings is 3. The predicted molar refractivity (Wildman–Crippen MR) is 199 cm³/mol. The highest BCUT2D eigenvalue weighted by Gasteiger charge is 2.29. The zero-order valence-corrected chi connectivity index (χ0v) is 33.1. The Labute approximate surface area is 295 Å². The largest absolute Gasteiger partial charge is 0.243 e. The van der Waals surface area contributed by atoms with Crippen LogP contribution < -0.4 is 4.72 Å². The van der Waals surface area contributed by atoms with E-state index in [1.165, 1.54) is 8.61 Å². The van der Waals surface area contributed by atoms with Gasteiger partial charge in [0.25, 0.3) is 0 Å². The topological polar surface area (TPSA) is 121 Å². The molecular weight excluding hydrogens is 679 g/mol. The lowest BCUT2D eigenvalue weighted by Crippen LogP contribution is -2.35. The molecule has 0 heterocycles. The molecule has 0 atom stereocenters. The summed E-state index contributed by atoms with van der Waals surface area (Å²) in [5, 5.41) is 0. The third kappa shape index (κ3) is 9.68. The Morgan fingerprint density at radius 1 is 0.531 bits per heavy atom. The highest BCUT2D eigenvalue weighted by Crippen LogP contribution is 2.28. The van der Waals surface area contributed by atoms with E-state index < -0.39 is 30.1 Å². The molecule has 0 saturated carbocycles. The lowest BCUT2D eigenvalue weighted by atomic mass is 10.1. The van der Waals surface area contributed by atoms with Gasteiger partial charge in [-0.1, -0.05) is 72.2 Å². The highest BCUT2D eigenvalue weighted by atomic mass is 32.2. The molecule has 3 aromatic rings. The molecule has 12 heteroatoms. The van der Waals surface area contributed by atoms with E-state index in [1.54, 1.807) is 46.8 Å². The number of rotatable bonds is 16. The van der Waals surface area contributed by atoms with Gasteiger partial charge in [-0.25, -0.2) is 30.0 Å². The first-order chi connectivity index (χ1) is 22.7. The third-order valence-corrected chi connectivity index (χ3v) is 14.7. The van der Waals surface area contributed by atoms with Crippen molar-refractivity contribution in [1.82, 2.24) is 13.3 Å². The van der Waals surface area contributed by atoms with Gasteiger partial charge in [0.1, 0.15) is 0 Å². The molecule has 0 bridgehead atoms. The van der Waals surface area contributed by atoms with Crippen molar-refractivity contribution in [2.45, 2.75) is 96.8 Å². The summed E-state index contributed by atoms with van der Waals surface area (Å²) in [6.07, 6.45) is 4.14. The molecule has 3 rings (SSSR count). The average molecular weight is 732 g/mol. The van der Waals surface area contributed by atoms with Crippen molar-refractivity contribution in [1.29, 1.82) is 0 Å². The first kappa shape index (κ1) is 40.6. The van der Waals surface area contributed by atoms with E-state index in [4.69, 9.17) is 0 Å². The fourth-order valence-corrected chi connectivity index (χ4v) is 12.0. The molecular formula is C37H53N3O6S3. The van der Waals surface area contributed by atoms with Crippen molar-refractivity contribution in [3.05, 3.63) is 98.6 Å². The van der Waals surface area contributed by atoms with Crippen LogP contribution in [0.15, 0.2) is 63.2 Å². The first-order valence-corrected chi connectivity index (χ1v) is 21.0. The van der Waals surface area contributed by atoms with E-state index in [1.807, 2.05) is 71.0 Å². The van der Waals surface area contributed by atoms with Gasteiger partial charge in [-0.15, -0.1) is 0 Å². The summed E-state index contributed by atoms with van der Waals surface area (Å²) < 4.78 is 87.2. The van der Waals surface area contributed by atoms with Crippen LogP contribution in [0.4, 0.5) is 0 Å². The molecule has 0 aliphatic heterocycles. The summed E-state index contributed by atoms with van der Waals surface area (Å²) in [4.78, 5) is 0.820. The van der Waals surface area contributed by atoms with Crippen molar-refractivity contribution in [3.63, 3.8) is 0 Å². The van der Waals surface area contributed by atoms with Gasteiger partial charge in [0, 0.05) is 32.7 Å².